The second kappa shape index (κ2) is 4.50. The van der Waals surface area contributed by atoms with Gasteiger partial charge in [-0.1, -0.05) is 0 Å². The van der Waals surface area contributed by atoms with E-state index in [0.717, 1.165) is 12.4 Å². The van der Waals surface area contributed by atoms with Crippen LogP contribution in [0.1, 0.15) is 6.92 Å². The van der Waals surface area contributed by atoms with Crippen LogP contribution in [-0.4, -0.2) is 29.1 Å². The van der Waals surface area contributed by atoms with Crippen LogP contribution in [0.25, 0.3) is 0 Å². The third kappa shape index (κ3) is 2.65. The smallest absolute Gasteiger partial charge is 0.328 e. The number of ether oxygens (including phenoxy) is 1. The van der Waals surface area contributed by atoms with E-state index in [0.29, 0.717) is 0 Å². The standard InChI is InChI=1S/C8H10FN3O2/c1-5(8(13)14-2)12-7-3-6(9)10-4-11-7/h3-5H,1-2H3,(H,10,11,12). The van der Waals surface area contributed by atoms with Crippen molar-refractivity contribution < 1.29 is 13.9 Å². The van der Waals surface area contributed by atoms with E-state index in [1.54, 1.807) is 6.92 Å². The monoisotopic (exact) mass is 199 g/mol. The Morgan fingerprint density at radius 3 is 2.93 bits per heavy atom. The summed E-state index contributed by atoms with van der Waals surface area (Å²) in [4.78, 5) is 18.0. The van der Waals surface area contributed by atoms with Gasteiger partial charge in [0.05, 0.1) is 7.11 Å². The Hall–Kier alpha value is -1.72. The molecule has 0 spiro atoms. The molecule has 0 amide bonds. The molecule has 1 unspecified atom stereocenters. The van der Waals surface area contributed by atoms with E-state index in [9.17, 15) is 9.18 Å². The molecule has 1 heterocycles. The quantitative estimate of drug-likeness (QED) is 0.570. The summed E-state index contributed by atoms with van der Waals surface area (Å²) in [7, 11) is 1.28. The first-order chi connectivity index (χ1) is 6.63. The first-order valence-corrected chi connectivity index (χ1v) is 3.95. The van der Waals surface area contributed by atoms with Gasteiger partial charge in [-0.25, -0.2) is 14.8 Å². The third-order valence-electron chi connectivity index (χ3n) is 1.55. The fraction of sp³-hybridized carbons (Fsp3) is 0.375. The number of methoxy groups -OCH3 is 1. The first-order valence-electron chi connectivity index (χ1n) is 3.95. The minimum atomic E-state index is -0.653. The molecule has 0 aliphatic heterocycles. The largest absolute Gasteiger partial charge is 0.467 e. The molecule has 14 heavy (non-hydrogen) atoms. The summed E-state index contributed by atoms with van der Waals surface area (Å²) in [5.74, 6) is -0.848. The molecule has 0 aliphatic rings. The van der Waals surface area contributed by atoms with Crippen molar-refractivity contribution in [1.82, 2.24) is 9.97 Å². The molecule has 0 fully saturated rings. The van der Waals surface area contributed by atoms with Crippen molar-refractivity contribution in [2.24, 2.45) is 0 Å². The van der Waals surface area contributed by atoms with E-state index in [1.165, 1.54) is 7.11 Å². The number of rotatable bonds is 3. The van der Waals surface area contributed by atoms with Crippen molar-refractivity contribution in [2.45, 2.75) is 13.0 Å². The summed E-state index contributed by atoms with van der Waals surface area (Å²) in [6.07, 6.45) is 1.07. The third-order valence-corrected chi connectivity index (χ3v) is 1.55. The topological polar surface area (TPSA) is 64.1 Å². The molecule has 76 valence electrons. The molecule has 1 atom stereocenters. The number of carbonyl (C=O) groups is 1. The molecule has 0 saturated heterocycles. The minimum Gasteiger partial charge on any atom is -0.467 e. The van der Waals surface area contributed by atoms with Gasteiger partial charge in [0, 0.05) is 6.07 Å². The summed E-state index contributed by atoms with van der Waals surface area (Å²) in [5.41, 5.74) is 0. The van der Waals surface area contributed by atoms with E-state index >= 15 is 0 Å². The Labute approximate surface area is 80.3 Å². The van der Waals surface area contributed by atoms with E-state index in [1.807, 2.05) is 0 Å². The molecular weight excluding hydrogens is 189 g/mol. The van der Waals surface area contributed by atoms with E-state index in [-0.39, 0.29) is 5.82 Å². The summed E-state index contributed by atoms with van der Waals surface area (Å²) in [6.45, 7) is 1.59. The molecule has 0 saturated carbocycles. The average molecular weight is 199 g/mol. The van der Waals surface area contributed by atoms with Crippen LogP contribution in [0.15, 0.2) is 12.4 Å². The maximum absolute atomic E-state index is 12.6. The predicted molar refractivity (Wildman–Crippen MR) is 47.1 cm³/mol. The molecule has 1 aromatic rings. The van der Waals surface area contributed by atoms with Gasteiger partial charge in [0.1, 0.15) is 18.2 Å². The SMILES string of the molecule is COC(=O)C(C)Nc1cc(F)ncn1. The molecule has 0 radical (unpaired) electrons. The Morgan fingerprint density at radius 1 is 1.64 bits per heavy atom. The number of esters is 1. The minimum absolute atomic E-state index is 0.246. The van der Waals surface area contributed by atoms with Gasteiger partial charge in [-0.3, -0.25) is 0 Å². The maximum Gasteiger partial charge on any atom is 0.328 e. The van der Waals surface area contributed by atoms with Crippen molar-refractivity contribution in [3.63, 3.8) is 0 Å². The highest BCUT2D eigenvalue weighted by Crippen LogP contribution is 2.04. The number of carbonyl (C=O) groups excluding carboxylic acids is 1. The Bertz CT molecular complexity index is 332. The van der Waals surface area contributed by atoms with E-state index in [4.69, 9.17) is 0 Å². The number of anilines is 1. The lowest BCUT2D eigenvalue weighted by atomic mass is 10.3. The van der Waals surface area contributed by atoms with Crippen molar-refractivity contribution in [2.75, 3.05) is 12.4 Å². The van der Waals surface area contributed by atoms with Gasteiger partial charge in [0.25, 0.3) is 0 Å². The lowest BCUT2D eigenvalue weighted by Gasteiger charge is -2.11. The summed E-state index contributed by atoms with van der Waals surface area (Å²) in [5, 5.41) is 2.67. The van der Waals surface area contributed by atoms with Gasteiger partial charge < -0.3 is 10.1 Å². The van der Waals surface area contributed by atoms with Crippen LogP contribution < -0.4 is 5.32 Å². The lowest BCUT2D eigenvalue weighted by Crippen LogP contribution is -2.27. The Kier molecular flexibility index (Phi) is 3.33. The predicted octanol–water partition coefficient (Wildman–Crippen LogP) is 0.589. The van der Waals surface area contributed by atoms with E-state index in [2.05, 4.69) is 20.0 Å². The second-order valence-corrected chi connectivity index (χ2v) is 2.62. The van der Waals surface area contributed by atoms with Crippen LogP contribution >= 0.6 is 0 Å². The van der Waals surface area contributed by atoms with Gasteiger partial charge in [0.2, 0.25) is 5.95 Å². The number of aromatic nitrogens is 2. The zero-order chi connectivity index (χ0) is 10.6. The number of hydrogen-bond donors (Lipinski definition) is 1. The molecule has 0 bridgehead atoms. The summed E-state index contributed by atoms with van der Waals surface area (Å²) >= 11 is 0. The van der Waals surface area contributed by atoms with Crippen molar-refractivity contribution in [3.05, 3.63) is 18.3 Å². The molecule has 1 rings (SSSR count). The molecule has 0 aliphatic carbocycles. The van der Waals surface area contributed by atoms with Gasteiger partial charge >= 0.3 is 5.97 Å². The number of nitrogens with one attached hydrogen (secondary N) is 1. The van der Waals surface area contributed by atoms with E-state index < -0.39 is 18.0 Å². The molecule has 1 aromatic heterocycles. The molecular formula is C8H10FN3O2. The van der Waals surface area contributed by atoms with Gasteiger partial charge in [-0.15, -0.1) is 0 Å². The highest BCUT2D eigenvalue weighted by Gasteiger charge is 2.13. The van der Waals surface area contributed by atoms with Crippen molar-refractivity contribution in [1.29, 1.82) is 0 Å². The fourth-order valence-corrected chi connectivity index (χ4v) is 0.870. The molecule has 5 nitrogen and oxygen atoms in total. The van der Waals surface area contributed by atoms with Crippen LogP contribution in [0.2, 0.25) is 0 Å². The second-order valence-electron chi connectivity index (χ2n) is 2.62. The van der Waals surface area contributed by atoms with Crippen LogP contribution in [0.4, 0.5) is 10.2 Å². The lowest BCUT2D eigenvalue weighted by molar-refractivity contribution is -0.141. The maximum atomic E-state index is 12.6. The van der Waals surface area contributed by atoms with Crippen LogP contribution in [-0.2, 0) is 9.53 Å². The molecule has 0 aromatic carbocycles. The number of hydrogen-bond acceptors (Lipinski definition) is 5. The van der Waals surface area contributed by atoms with Crippen LogP contribution in [0.3, 0.4) is 0 Å². The van der Waals surface area contributed by atoms with Gasteiger partial charge in [-0.2, -0.15) is 4.39 Å². The molecule has 1 N–H and O–H groups in total. The van der Waals surface area contributed by atoms with Crippen LogP contribution in [0.5, 0.6) is 0 Å². The summed E-state index contributed by atoms with van der Waals surface area (Å²) < 4.78 is 17.1. The number of halogens is 1. The fourth-order valence-electron chi connectivity index (χ4n) is 0.870. The highest BCUT2D eigenvalue weighted by atomic mass is 19.1. The zero-order valence-corrected chi connectivity index (χ0v) is 7.82. The molecule has 6 heteroatoms. The van der Waals surface area contributed by atoms with Gasteiger partial charge in [-0.05, 0) is 6.92 Å². The van der Waals surface area contributed by atoms with Gasteiger partial charge in [0.15, 0.2) is 0 Å². The first kappa shape index (κ1) is 10.4. The highest BCUT2D eigenvalue weighted by molar-refractivity contribution is 5.78. The Morgan fingerprint density at radius 2 is 2.36 bits per heavy atom. The normalized spacial score (nSPS) is 11.9. The number of nitrogens with zero attached hydrogens (tertiary/aromatic N) is 2. The zero-order valence-electron chi connectivity index (χ0n) is 7.82. The van der Waals surface area contributed by atoms with Crippen LogP contribution in [0, 0.1) is 5.95 Å². The average Bonchev–Trinajstić information content (AvgIpc) is 2.16. The Balaban J connectivity index is 2.64. The van der Waals surface area contributed by atoms with Crippen molar-refractivity contribution in [3.8, 4) is 0 Å². The van der Waals surface area contributed by atoms with Crippen molar-refractivity contribution >= 4 is 11.8 Å². The summed E-state index contributed by atoms with van der Waals surface area (Å²) in [6, 6.07) is 0.522.